The Morgan fingerprint density at radius 1 is 1.50 bits per heavy atom. The van der Waals surface area contributed by atoms with Crippen LogP contribution in [0.4, 0.5) is 5.69 Å². The van der Waals surface area contributed by atoms with Crippen molar-refractivity contribution < 1.29 is 14.8 Å². The standard InChI is InChI=1S/C12H12N4O4/c1-8-6-10(16(19)20)3-4-11(8)15-7-9(13-14-15)2-5-12(17)18/h3-4,6-7H,2,5H2,1H3,(H,17,18). The summed E-state index contributed by atoms with van der Waals surface area (Å²) in [5.74, 6) is -0.897. The number of benzene rings is 1. The number of hydrogen-bond donors (Lipinski definition) is 1. The summed E-state index contributed by atoms with van der Waals surface area (Å²) in [5, 5.41) is 27.1. The number of rotatable bonds is 5. The van der Waals surface area contributed by atoms with E-state index in [0.717, 1.165) is 0 Å². The molecular formula is C12H12N4O4. The second-order valence-corrected chi connectivity index (χ2v) is 4.28. The summed E-state index contributed by atoms with van der Waals surface area (Å²) in [7, 11) is 0. The molecule has 20 heavy (non-hydrogen) atoms. The number of nitro benzene ring substituents is 1. The maximum atomic E-state index is 10.7. The van der Waals surface area contributed by atoms with Crippen LogP contribution >= 0.6 is 0 Å². The molecule has 0 unspecified atom stereocenters. The number of aryl methyl sites for hydroxylation is 2. The predicted octanol–water partition coefficient (Wildman–Crippen LogP) is 1.50. The Bertz CT molecular complexity index is 665. The number of carboxylic acid groups (broad SMARTS) is 1. The fraction of sp³-hybridized carbons (Fsp3) is 0.250. The third-order valence-electron chi connectivity index (χ3n) is 2.77. The van der Waals surface area contributed by atoms with Crippen molar-refractivity contribution in [3.63, 3.8) is 0 Å². The van der Waals surface area contributed by atoms with Gasteiger partial charge in [0, 0.05) is 18.6 Å². The molecule has 8 heteroatoms. The van der Waals surface area contributed by atoms with Crippen molar-refractivity contribution >= 4 is 11.7 Å². The summed E-state index contributed by atoms with van der Waals surface area (Å²) in [5.41, 5.74) is 1.93. The van der Waals surface area contributed by atoms with Gasteiger partial charge in [-0.2, -0.15) is 0 Å². The van der Waals surface area contributed by atoms with Gasteiger partial charge in [-0.1, -0.05) is 5.21 Å². The van der Waals surface area contributed by atoms with Gasteiger partial charge in [-0.25, -0.2) is 4.68 Å². The van der Waals surface area contributed by atoms with Crippen molar-refractivity contribution in [3.05, 3.63) is 45.8 Å². The second kappa shape index (κ2) is 5.47. The van der Waals surface area contributed by atoms with Crippen LogP contribution in [0.1, 0.15) is 17.7 Å². The number of carbonyl (C=O) groups is 1. The third kappa shape index (κ3) is 2.97. The molecule has 2 aromatic rings. The fourth-order valence-electron chi connectivity index (χ4n) is 1.78. The minimum atomic E-state index is -0.897. The lowest BCUT2D eigenvalue weighted by molar-refractivity contribution is -0.384. The summed E-state index contributed by atoms with van der Waals surface area (Å²) in [6.07, 6.45) is 1.90. The van der Waals surface area contributed by atoms with Crippen LogP contribution in [-0.4, -0.2) is 31.0 Å². The highest BCUT2D eigenvalue weighted by molar-refractivity contribution is 5.66. The first-order valence-corrected chi connectivity index (χ1v) is 5.86. The zero-order chi connectivity index (χ0) is 14.7. The first-order valence-electron chi connectivity index (χ1n) is 5.86. The highest BCUT2D eigenvalue weighted by atomic mass is 16.6. The van der Waals surface area contributed by atoms with Gasteiger partial charge >= 0.3 is 5.97 Å². The fourth-order valence-corrected chi connectivity index (χ4v) is 1.78. The van der Waals surface area contributed by atoms with E-state index < -0.39 is 10.9 Å². The molecule has 8 nitrogen and oxygen atoms in total. The zero-order valence-electron chi connectivity index (χ0n) is 10.7. The van der Waals surface area contributed by atoms with E-state index in [1.54, 1.807) is 19.2 Å². The van der Waals surface area contributed by atoms with E-state index in [4.69, 9.17) is 5.11 Å². The summed E-state index contributed by atoms with van der Waals surface area (Å²) in [4.78, 5) is 20.7. The molecule has 0 radical (unpaired) electrons. The van der Waals surface area contributed by atoms with Crippen LogP contribution in [0.5, 0.6) is 0 Å². The van der Waals surface area contributed by atoms with Gasteiger partial charge in [0.1, 0.15) is 0 Å². The average molecular weight is 276 g/mol. The van der Waals surface area contributed by atoms with E-state index in [1.165, 1.54) is 16.8 Å². The normalized spacial score (nSPS) is 10.4. The molecule has 0 bridgehead atoms. The maximum absolute atomic E-state index is 10.7. The average Bonchev–Trinajstić information content (AvgIpc) is 2.84. The molecule has 0 aliphatic carbocycles. The van der Waals surface area contributed by atoms with E-state index in [-0.39, 0.29) is 12.1 Å². The van der Waals surface area contributed by atoms with Crippen LogP contribution < -0.4 is 0 Å². The first kappa shape index (κ1) is 13.7. The molecule has 2 rings (SSSR count). The molecule has 0 atom stereocenters. The molecule has 1 aromatic carbocycles. The molecule has 1 N–H and O–H groups in total. The molecule has 1 heterocycles. The minimum absolute atomic E-state index is 0.0115. The summed E-state index contributed by atoms with van der Waals surface area (Å²) >= 11 is 0. The number of aromatic nitrogens is 3. The summed E-state index contributed by atoms with van der Waals surface area (Å²) in [6, 6.07) is 4.43. The molecule has 104 valence electrons. The Morgan fingerprint density at radius 3 is 2.85 bits per heavy atom. The Labute approximate surface area is 113 Å². The minimum Gasteiger partial charge on any atom is -0.481 e. The van der Waals surface area contributed by atoms with Crippen LogP contribution in [0.25, 0.3) is 5.69 Å². The van der Waals surface area contributed by atoms with Crippen molar-refractivity contribution in [2.75, 3.05) is 0 Å². The monoisotopic (exact) mass is 276 g/mol. The van der Waals surface area contributed by atoms with Crippen LogP contribution in [0.2, 0.25) is 0 Å². The number of hydrogen-bond acceptors (Lipinski definition) is 5. The lowest BCUT2D eigenvalue weighted by atomic mass is 10.2. The van der Waals surface area contributed by atoms with Crippen molar-refractivity contribution in [2.45, 2.75) is 19.8 Å². The Balaban J connectivity index is 2.23. The number of nitro groups is 1. The molecule has 0 spiro atoms. The lowest BCUT2D eigenvalue weighted by Gasteiger charge is -2.04. The van der Waals surface area contributed by atoms with Gasteiger partial charge in [-0.15, -0.1) is 5.10 Å². The maximum Gasteiger partial charge on any atom is 0.303 e. The highest BCUT2D eigenvalue weighted by Gasteiger charge is 2.11. The van der Waals surface area contributed by atoms with Gasteiger partial charge in [-0.05, 0) is 18.6 Å². The Kier molecular flexibility index (Phi) is 3.74. The van der Waals surface area contributed by atoms with E-state index in [9.17, 15) is 14.9 Å². The van der Waals surface area contributed by atoms with Gasteiger partial charge in [0.05, 0.1) is 28.9 Å². The number of nitrogens with zero attached hydrogens (tertiary/aromatic N) is 4. The Morgan fingerprint density at radius 2 is 2.25 bits per heavy atom. The number of non-ortho nitro benzene ring substituents is 1. The lowest BCUT2D eigenvalue weighted by Crippen LogP contribution is -1.99. The van der Waals surface area contributed by atoms with Crippen LogP contribution in [0.3, 0.4) is 0 Å². The van der Waals surface area contributed by atoms with Crippen molar-refractivity contribution in [1.82, 2.24) is 15.0 Å². The predicted molar refractivity (Wildman–Crippen MR) is 68.7 cm³/mol. The molecule has 0 amide bonds. The van der Waals surface area contributed by atoms with Crippen LogP contribution in [0.15, 0.2) is 24.4 Å². The molecule has 0 saturated heterocycles. The van der Waals surface area contributed by atoms with Crippen molar-refractivity contribution in [3.8, 4) is 5.69 Å². The summed E-state index contributed by atoms with van der Waals surface area (Å²) in [6.45, 7) is 1.74. The van der Waals surface area contributed by atoms with Crippen LogP contribution in [0, 0.1) is 17.0 Å². The van der Waals surface area contributed by atoms with E-state index in [1.807, 2.05) is 0 Å². The van der Waals surface area contributed by atoms with Gasteiger partial charge in [0.2, 0.25) is 0 Å². The van der Waals surface area contributed by atoms with Crippen molar-refractivity contribution in [1.29, 1.82) is 0 Å². The van der Waals surface area contributed by atoms with Gasteiger partial charge < -0.3 is 5.11 Å². The molecular weight excluding hydrogens is 264 g/mol. The molecule has 0 fully saturated rings. The van der Waals surface area contributed by atoms with E-state index >= 15 is 0 Å². The number of aliphatic carboxylic acids is 1. The van der Waals surface area contributed by atoms with E-state index in [0.29, 0.717) is 23.4 Å². The third-order valence-corrected chi connectivity index (χ3v) is 2.77. The molecule has 0 aliphatic rings. The first-order chi connectivity index (χ1) is 9.47. The summed E-state index contributed by atoms with van der Waals surface area (Å²) < 4.78 is 1.48. The largest absolute Gasteiger partial charge is 0.481 e. The molecule has 0 aliphatic heterocycles. The topological polar surface area (TPSA) is 111 Å². The van der Waals surface area contributed by atoms with Crippen LogP contribution in [-0.2, 0) is 11.2 Å². The number of carboxylic acids is 1. The highest BCUT2D eigenvalue weighted by Crippen LogP contribution is 2.20. The van der Waals surface area contributed by atoms with Gasteiger partial charge in [-0.3, -0.25) is 14.9 Å². The van der Waals surface area contributed by atoms with Crippen molar-refractivity contribution in [2.24, 2.45) is 0 Å². The second-order valence-electron chi connectivity index (χ2n) is 4.28. The van der Waals surface area contributed by atoms with Gasteiger partial charge in [0.15, 0.2) is 0 Å². The SMILES string of the molecule is Cc1cc([N+](=O)[O-])ccc1-n1cc(CCC(=O)O)nn1. The Hall–Kier alpha value is -2.77. The van der Waals surface area contributed by atoms with Gasteiger partial charge in [0.25, 0.3) is 5.69 Å². The van der Waals surface area contributed by atoms with E-state index in [2.05, 4.69) is 10.3 Å². The zero-order valence-corrected chi connectivity index (χ0v) is 10.7. The quantitative estimate of drug-likeness (QED) is 0.654. The smallest absolute Gasteiger partial charge is 0.303 e. The molecule has 0 saturated carbocycles. The molecule has 1 aromatic heterocycles.